The van der Waals surface area contributed by atoms with Crippen LogP contribution in [0.1, 0.15) is 47.5 Å². The van der Waals surface area contributed by atoms with Crippen molar-refractivity contribution in [2.24, 2.45) is 22.7 Å². The number of esters is 1. The molecule has 1 saturated carbocycles. The van der Waals surface area contributed by atoms with Crippen LogP contribution in [0.2, 0.25) is 0 Å². The second-order valence-corrected chi connectivity index (χ2v) is 6.69. The number of methoxy groups -OCH3 is 1. The summed E-state index contributed by atoms with van der Waals surface area (Å²) in [5.41, 5.74) is 0.584. The number of hydrogen-bond acceptors (Lipinski definition) is 2. The van der Waals surface area contributed by atoms with Crippen molar-refractivity contribution in [3.63, 3.8) is 0 Å². The molecule has 0 aromatic rings. The summed E-state index contributed by atoms with van der Waals surface area (Å²) in [6.07, 6.45) is 2.07. The minimum Gasteiger partial charge on any atom is -0.469 e. The Hall–Kier alpha value is -0.530. The Bertz CT molecular complexity index is 248. The van der Waals surface area contributed by atoms with Crippen LogP contribution in [0.3, 0.4) is 0 Å². The summed E-state index contributed by atoms with van der Waals surface area (Å²) in [4.78, 5) is 11.6. The highest BCUT2D eigenvalue weighted by molar-refractivity contribution is 5.74. The second-order valence-electron chi connectivity index (χ2n) is 6.69. The molecule has 1 rings (SSSR count). The lowest BCUT2D eigenvalue weighted by atomic mass is 9.52. The largest absolute Gasteiger partial charge is 0.469 e. The van der Waals surface area contributed by atoms with Crippen LogP contribution in [-0.4, -0.2) is 13.1 Å². The predicted molar refractivity (Wildman–Crippen MR) is 61.5 cm³/mol. The van der Waals surface area contributed by atoms with Crippen molar-refractivity contribution in [1.29, 1.82) is 0 Å². The zero-order valence-corrected chi connectivity index (χ0v) is 10.9. The minimum atomic E-state index is -0.0245. The Kier molecular flexibility index (Phi) is 3.18. The summed E-state index contributed by atoms with van der Waals surface area (Å²) >= 11 is 0. The van der Waals surface area contributed by atoms with Crippen LogP contribution in [0, 0.1) is 22.7 Å². The molecule has 0 aromatic heterocycles. The first-order valence-electron chi connectivity index (χ1n) is 5.75. The molecular formula is C13H24O2. The lowest BCUT2D eigenvalue weighted by molar-refractivity contribution is -0.162. The molecule has 0 aromatic carbocycles. The molecule has 0 spiro atoms. The second kappa shape index (κ2) is 3.80. The standard InChI is InChI=1S/C13H24O2/c1-12(2,3)8-10-9(11(14)15-6)7-13(10,4)5/h9-10H,7-8H2,1-6H3. The summed E-state index contributed by atoms with van der Waals surface area (Å²) in [5, 5.41) is 0. The average molecular weight is 212 g/mol. The van der Waals surface area contributed by atoms with Crippen molar-refractivity contribution in [3.8, 4) is 0 Å². The zero-order chi connectivity index (χ0) is 11.9. The first-order valence-corrected chi connectivity index (χ1v) is 5.75. The summed E-state index contributed by atoms with van der Waals surface area (Å²) in [6.45, 7) is 11.2. The number of hydrogen-bond donors (Lipinski definition) is 0. The Balaban J connectivity index is 2.68. The van der Waals surface area contributed by atoms with Gasteiger partial charge in [-0.1, -0.05) is 34.6 Å². The lowest BCUT2D eigenvalue weighted by Crippen LogP contribution is -2.49. The lowest BCUT2D eigenvalue weighted by Gasteiger charge is -2.52. The molecule has 2 atom stereocenters. The van der Waals surface area contributed by atoms with E-state index < -0.39 is 0 Å². The molecule has 2 heteroatoms. The third-order valence-electron chi connectivity index (χ3n) is 3.57. The highest BCUT2D eigenvalue weighted by Gasteiger charge is 2.51. The number of ether oxygens (including phenoxy) is 1. The van der Waals surface area contributed by atoms with Crippen LogP contribution in [0.4, 0.5) is 0 Å². The van der Waals surface area contributed by atoms with Crippen LogP contribution < -0.4 is 0 Å². The van der Waals surface area contributed by atoms with E-state index in [2.05, 4.69) is 34.6 Å². The monoisotopic (exact) mass is 212 g/mol. The highest BCUT2D eigenvalue weighted by atomic mass is 16.5. The Morgan fingerprint density at radius 2 is 1.93 bits per heavy atom. The maximum Gasteiger partial charge on any atom is 0.308 e. The maximum absolute atomic E-state index is 11.6. The number of carbonyl (C=O) groups excluding carboxylic acids is 1. The maximum atomic E-state index is 11.6. The fourth-order valence-corrected chi connectivity index (χ4v) is 2.72. The zero-order valence-electron chi connectivity index (χ0n) is 10.9. The molecule has 0 amide bonds. The van der Waals surface area contributed by atoms with Gasteiger partial charge >= 0.3 is 5.97 Å². The predicted octanol–water partition coefficient (Wildman–Crippen LogP) is 3.26. The molecular weight excluding hydrogens is 188 g/mol. The molecule has 0 radical (unpaired) electrons. The van der Waals surface area contributed by atoms with E-state index >= 15 is 0 Å². The molecule has 0 bridgehead atoms. The average Bonchev–Trinajstić information content (AvgIpc) is 2.09. The molecule has 0 aliphatic heterocycles. The van der Waals surface area contributed by atoms with Crippen LogP contribution >= 0.6 is 0 Å². The molecule has 15 heavy (non-hydrogen) atoms. The SMILES string of the molecule is COC(=O)C1CC(C)(C)C1CC(C)(C)C. The van der Waals surface area contributed by atoms with Gasteiger partial charge in [0.2, 0.25) is 0 Å². The van der Waals surface area contributed by atoms with Gasteiger partial charge < -0.3 is 4.74 Å². The van der Waals surface area contributed by atoms with Gasteiger partial charge in [-0.3, -0.25) is 4.79 Å². The van der Waals surface area contributed by atoms with Crippen molar-refractivity contribution in [2.45, 2.75) is 47.5 Å². The first-order chi connectivity index (χ1) is 6.67. The quantitative estimate of drug-likeness (QED) is 0.657. The minimum absolute atomic E-state index is 0.0245. The van der Waals surface area contributed by atoms with E-state index in [-0.39, 0.29) is 17.3 Å². The fourth-order valence-electron chi connectivity index (χ4n) is 2.72. The van der Waals surface area contributed by atoms with Gasteiger partial charge in [0.15, 0.2) is 0 Å². The summed E-state index contributed by atoms with van der Waals surface area (Å²) < 4.78 is 4.85. The molecule has 0 N–H and O–H groups in total. The Morgan fingerprint density at radius 3 is 2.27 bits per heavy atom. The van der Waals surface area contributed by atoms with Crippen LogP contribution in [0.25, 0.3) is 0 Å². The fraction of sp³-hybridized carbons (Fsp3) is 0.923. The van der Waals surface area contributed by atoms with E-state index in [0.29, 0.717) is 11.3 Å². The van der Waals surface area contributed by atoms with E-state index in [1.54, 1.807) is 0 Å². The van der Waals surface area contributed by atoms with E-state index in [0.717, 1.165) is 12.8 Å². The summed E-state index contributed by atoms with van der Waals surface area (Å²) in [6, 6.07) is 0. The van der Waals surface area contributed by atoms with Gasteiger partial charge in [0.05, 0.1) is 13.0 Å². The molecule has 0 heterocycles. The van der Waals surface area contributed by atoms with Crippen LogP contribution in [0.15, 0.2) is 0 Å². The molecule has 1 fully saturated rings. The smallest absolute Gasteiger partial charge is 0.308 e. The topological polar surface area (TPSA) is 26.3 Å². The van der Waals surface area contributed by atoms with Crippen molar-refractivity contribution in [1.82, 2.24) is 0 Å². The van der Waals surface area contributed by atoms with Gasteiger partial charge in [-0.2, -0.15) is 0 Å². The number of rotatable bonds is 2. The molecule has 0 saturated heterocycles. The molecule has 1 aliphatic rings. The van der Waals surface area contributed by atoms with Gasteiger partial charge in [0.25, 0.3) is 0 Å². The highest BCUT2D eigenvalue weighted by Crippen LogP contribution is 2.55. The van der Waals surface area contributed by atoms with Gasteiger partial charge in [-0.25, -0.2) is 0 Å². The Morgan fingerprint density at radius 1 is 1.40 bits per heavy atom. The van der Waals surface area contributed by atoms with Crippen molar-refractivity contribution >= 4 is 5.97 Å². The van der Waals surface area contributed by atoms with Gasteiger partial charge in [0, 0.05) is 0 Å². The van der Waals surface area contributed by atoms with Crippen LogP contribution in [-0.2, 0) is 9.53 Å². The normalized spacial score (nSPS) is 29.5. The van der Waals surface area contributed by atoms with Crippen molar-refractivity contribution < 1.29 is 9.53 Å². The van der Waals surface area contributed by atoms with Gasteiger partial charge in [0.1, 0.15) is 0 Å². The molecule has 2 nitrogen and oxygen atoms in total. The molecule has 88 valence electrons. The van der Waals surface area contributed by atoms with E-state index in [1.807, 2.05) is 0 Å². The number of carbonyl (C=O) groups is 1. The molecule has 2 unspecified atom stereocenters. The first kappa shape index (κ1) is 12.5. The summed E-state index contributed by atoms with van der Waals surface area (Å²) in [5.74, 6) is 0.581. The molecule has 1 aliphatic carbocycles. The Labute approximate surface area is 93.4 Å². The van der Waals surface area contributed by atoms with Crippen molar-refractivity contribution in [2.75, 3.05) is 7.11 Å². The van der Waals surface area contributed by atoms with Gasteiger partial charge in [-0.15, -0.1) is 0 Å². The van der Waals surface area contributed by atoms with E-state index in [9.17, 15) is 4.79 Å². The third-order valence-corrected chi connectivity index (χ3v) is 3.57. The third kappa shape index (κ3) is 2.73. The van der Waals surface area contributed by atoms with E-state index in [1.165, 1.54) is 7.11 Å². The van der Waals surface area contributed by atoms with Gasteiger partial charge in [-0.05, 0) is 29.6 Å². The van der Waals surface area contributed by atoms with Crippen molar-refractivity contribution in [3.05, 3.63) is 0 Å². The summed E-state index contributed by atoms with van der Waals surface area (Å²) in [7, 11) is 1.49. The van der Waals surface area contributed by atoms with E-state index in [4.69, 9.17) is 4.74 Å². The van der Waals surface area contributed by atoms with Crippen LogP contribution in [0.5, 0.6) is 0 Å².